The number of amides is 1. The highest BCUT2D eigenvalue weighted by atomic mass is 16.1. The van der Waals surface area contributed by atoms with E-state index in [1.165, 1.54) is 0 Å². The lowest BCUT2D eigenvalue weighted by Gasteiger charge is -2.33. The van der Waals surface area contributed by atoms with Gasteiger partial charge in [-0.15, -0.1) is 0 Å². The summed E-state index contributed by atoms with van der Waals surface area (Å²) in [7, 11) is 2.14. The largest absolute Gasteiger partial charge is 0.354 e. The molecule has 1 aromatic rings. The van der Waals surface area contributed by atoms with Gasteiger partial charge in [0.25, 0.3) is 0 Å². The molecule has 0 saturated carbocycles. The van der Waals surface area contributed by atoms with Crippen molar-refractivity contribution in [3.05, 3.63) is 23.9 Å². The van der Waals surface area contributed by atoms with Gasteiger partial charge in [-0.2, -0.15) is 0 Å². The first-order valence-electron chi connectivity index (χ1n) is 7.30. The number of anilines is 1. The van der Waals surface area contributed by atoms with Crippen LogP contribution in [0.5, 0.6) is 0 Å². The topological polar surface area (TPSA) is 48.5 Å². The number of rotatable bonds is 4. The molecule has 0 radical (unpaired) electrons. The second-order valence-corrected chi connectivity index (χ2v) is 5.35. The number of piperazine rings is 1. The van der Waals surface area contributed by atoms with E-state index in [9.17, 15) is 4.79 Å². The molecule has 1 aliphatic heterocycles. The van der Waals surface area contributed by atoms with Crippen molar-refractivity contribution in [3.8, 4) is 0 Å². The Balaban J connectivity index is 2.05. The van der Waals surface area contributed by atoms with Gasteiger partial charge in [0.1, 0.15) is 5.82 Å². The Labute approximate surface area is 121 Å². The van der Waals surface area contributed by atoms with E-state index in [4.69, 9.17) is 4.98 Å². The van der Waals surface area contributed by atoms with Crippen molar-refractivity contribution in [1.82, 2.24) is 15.2 Å². The van der Waals surface area contributed by atoms with Crippen LogP contribution in [0.15, 0.2) is 18.2 Å². The van der Waals surface area contributed by atoms with Gasteiger partial charge in [-0.3, -0.25) is 4.79 Å². The molecule has 1 N–H and O–H groups in total. The van der Waals surface area contributed by atoms with Crippen molar-refractivity contribution in [1.29, 1.82) is 0 Å². The first kappa shape index (κ1) is 14.8. The second kappa shape index (κ2) is 6.70. The van der Waals surface area contributed by atoms with Gasteiger partial charge in [-0.05, 0) is 26.1 Å². The molecule has 1 aromatic heterocycles. The summed E-state index contributed by atoms with van der Waals surface area (Å²) in [6.45, 7) is 7.97. The van der Waals surface area contributed by atoms with E-state index in [1.807, 2.05) is 32.0 Å². The number of nitrogens with one attached hydrogen (secondary N) is 1. The van der Waals surface area contributed by atoms with Gasteiger partial charge in [-0.1, -0.05) is 13.0 Å². The number of nitrogens with zero attached hydrogens (tertiary/aromatic N) is 3. The van der Waals surface area contributed by atoms with Crippen LogP contribution in [-0.4, -0.2) is 49.0 Å². The van der Waals surface area contributed by atoms with E-state index in [0.29, 0.717) is 6.42 Å². The van der Waals surface area contributed by atoms with Crippen LogP contribution >= 0.6 is 0 Å². The van der Waals surface area contributed by atoms with Gasteiger partial charge in [0.05, 0.1) is 11.7 Å². The third-order valence-corrected chi connectivity index (χ3v) is 3.73. The Hall–Kier alpha value is -1.62. The fourth-order valence-corrected chi connectivity index (χ4v) is 2.31. The first-order chi connectivity index (χ1) is 9.60. The highest BCUT2D eigenvalue weighted by Crippen LogP contribution is 2.17. The van der Waals surface area contributed by atoms with Crippen molar-refractivity contribution in [2.45, 2.75) is 26.3 Å². The molecule has 110 valence electrons. The molecule has 2 heterocycles. The van der Waals surface area contributed by atoms with Crippen LogP contribution < -0.4 is 10.2 Å². The Morgan fingerprint density at radius 1 is 1.35 bits per heavy atom. The summed E-state index contributed by atoms with van der Waals surface area (Å²) >= 11 is 0. The van der Waals surface area contributed by atoms with E-state index >= 15 is 0 Å². The Morgan fingerprint density at radius 2 is 2.05 bits per heavy atom. The van der Waals surface area contributed by atoms with Crippen molar-refractivity contribution in [3.63, 3.8) is 0 Å². The van der Waals surface area contributed by atoms with E-state index < -0.39 is 0 Å². The van der Waals surface area contributed by atoms with E-state index in [1.54, 1.807) is 0 Å². The predicted molar refractivity (Wildman–Crippen MR) is 80.8 cm³/mol. The summed E-state index contributed by atoms with van der Waals surface area (Å²) in [6.07, 6.45) is 0.502. The number of hydrogen-bond acceptors (Lipinski definition) is 4. The van der Waals surface area contributed by atoms with Crippen LogP contribution in [0.2, 0.25) is 0 Å². The number of carbonyl (C=O) groups excluding carboxylic acids is 1. The van der Waals surface area contributed by atoms with Crippen LogP contribution in [0.25, 0.3) is 0 Å². The van der Waals surface area contributed by atoms with Crippen LogP contribution in [0.3, 0.4) is 0 Å². The number of carbonyl (C=O) groups is 1. The summed E-state index contributed by atoms with van der Waals surface area (Å²) < 4.78 is 0. The summed E-state index contributed by atoms with van der Waals surface area (Å²) in [5.74, 6) is 1.07. The molecule has 1 saturated heterocycles. The highest BCUT2D eigenvalue weighted by molar-refractivity contribution is 5.75. The monoisotopic (exact) mass is 276 g/mol. The Bertz CT molecular complexity index is 455. The molecule has 0 spiro atoms. The molecular weight excluding hydrogens is 252 g/mol. The lowest BCUT2D eigenvalue weighted by molar-refractivity contribution is -0.121. The normalized spacial score (nSPS) is 17.9. The van der Waals surface area contributed by atoms with Gasteiger partial charge in [0.15, 0.2) is 0 Å². The van der Waals surface area contributed by atoms with Crippen LogP contribution in [0.1, 0.15) is 32.0 Å². The molecule has 0 aliphatic carbocycles. The van der Waals surface area contributed by atoms with Gasteiger partial charge in [0.2, 0.25) is 5.91 Å². The van der Waals surface area contributed by atoms with Crippen LogP contribution in [0.4, 0.5) is 5.82 Å². The summed E-state index contributed by atoms with van der Waals surface area (Å²) in [6, 6.07) is 5.99. The Kier molecular flexibility index (Phi) is 4.95. The zero-order valence-electron chi connectivity index (χ0n) is 12.6. The zero-order valence-corrected chi connectivity index (χ0v) is 12.6. The van der Waals surface area contributed by atoms with Crippen LogP contribution in [0, 0.1) is 0 Å². The molecular formula is C15H24N4O. The van der Waals surface area contributed by atoms with E-state index in [0.717, 1.165) is 37.7 Å². The van der Waals surface area contributed by atoms with Crippen LogP contribution in [-0.2, 0) is 4.79 Å². The molecule has 1 atom stereocenters. The molecule has 1 amide bonds. The molecule has 0 aromatic carbocycles. The van der Waals surface area contributed by atoms with Crippen molar-refractivity contribution in [2.24, 2.45) is 0 Å². The Morgan fingerprint density at radius 3 is 2.70 bits per heavy atom. The first-order valence-corrected chi connectivity index (χ1v) is 7.30. The minimum atomic E-state index is -0.0464. The number of aromatic nitrogens is 1. The minimum Gasteiger partial charge on any atom is -0.354 e. The third-order valence-electron chi connectivity index (χ3n) is 3.73. The maximum absolute atomic E-state index is 11.5. The summed E-state index contributed by atoms with van der Waals surface area (Å²) in [5, 5.41) is 2.95. The van der Waals surface area contributed by atoms with Gasteiger partial charge in [-0.25, -0.2) is 4.98 Å². The maximum Gasteiger partial charge on any atom is 0.220 e. The smallest absolute Gasteiger partial charge is 0.220 e. The fourth-order valence-electron chi connectivity index (χ4n) is 2.31. The predicted octanol–water partition coefficient (Wildman–Crippen LogP) is 1.42. The molecule has 20 heavy (non-hydrogen) atoms. The lowest BCUT2D eigenvalue weighted by Crippen LogP contribution is -2.44. The minimum absolute atomic E-state index is 0.0464. The number of likely N-dealkylation sites (N-methyl/N-ethyl adjacent to an activating group) is 1. The second-order valence-electron chi connectivity index (χ2n) is 5.35. The molecule has 1 fully saturated rings. The van der Waals surface area contributed by atoms with Crippen molar-refractivity contribution < 1.29 is 4.79 Å². The molecule has 0 bridgehead atoms. The van der Waals surface area contributed by atoms with E-state index in [2.05, 4.69) is 22.2 Å². The number of hydrogen-bond donors (Lipinski definition) is 1. The molecule has 0 unspecified atom stereocenters. The van der Waals surface area contributed by atoms with Crippen molar-refractivity contribution >= 4 is 11.7 Å². The van der Waals surface area contributed by atoms with Crippen molar-refractivity contribution in [2.75, 3.05) is 38.1 Å². The van der Waals surface area contributed by atoms with E-state index in [-0.39, 0.29) is 11.9 Å². The summed E-state index contributed by atoms with van der Waals surface area (Å²) in [4.78, 5) is 20.8. The fraction of sp³-hybridized carbons (Fsp3) is 0.600. The molecule has 2 rings (SSSR count). The third kappa shape index (κ3) is 3.70. The van der Waals surface area contributed by atoms with Gasteiger partial charge in [0, 0.05) is 32.6 Å². The summed E-state index contributed by atoms with van der Waals surface area (Å²) in [5.41, 5.74) is 0.920. The zero-order chi connectivity index (χ0) is 14.5. The average Bonchev–Trinajstić information content (AvgIpc) is 2.48. The maximum atomic E-state index is 11.5. The quantitative estimate of drug-likeness (QED) is 0.903. The molecule has 5 nitrogen and oxygen atoms in total. The molecule has 5 heteroatoms. The lowest BCUT2D eigenvalue weighted by atomic mass is 10.2. The van der Waals surface area contributed by atoms with Gasteiger partial charge < -0.3 is 15.1 Å². The average molecular weight is 276 g/mol. The number of pyridine rings is 1. The highest BCUT2D eigenvalue weighted by Gasteiger charge is 2.16. The molecule has 1 aliphatic rings. The standard InChI is InChI=1S/C15H24N4O/c1-4-15(20)16-12(2)13-6-5-7-14(17-13)19-10-8-18(3)9-11-19/h5-7,12H,4,8-11H2,1-3H3,(H,16,20)/t12-/m0/s1. The van der Waals surface area contributed by atoms with Gasteiger partial charge >= 0.3 is 0 Å². The SMILES string of the molecule is CCC(=O)N[C@@H](C)c1cccc(N2CCN(C)CC2)n1.